The van der Waals surface area contributed by atoms with Crippen molar-refractivity contribution < 1.29 is 23.8 Å². The normalized spacial score (nSPS) is 15.3. The Morgan fingerprint density at radius 2 is 2.00 bits per heavy atom. The summed E-state index contributed by atoms with van der Waals surface area (Å²) in [5.74, 6) is 0.493. The summed E-state index contributed by atoms with van der Waals surface area (Å²) in [4.78, 5) is 31.0. The minimum absolute atomic E-state index is 0.318. The molecule has 0 radical (unpaired) electrons. The monoisotopic (exact) mass is 500 g/mol. The van der Waals surface area contributed by atoms with E-state index >= 15 is 0 Å². The van der Waals surface area contributed by atoms with Crippen LogP contribution in [0.3, 0.4) is 0 Å². The van der Waals surface area contributed by atoms with Crippen molar-refractivity contribution in [2.45, 2.75) is 45.6 Å². The highest BCUT2D eigenvalue weighted by atomic mass is 16.5. The number of benzene rings is 2. The molecule has 7 heteroatoms. The predicted octanol–water partition coefficient (Wildman–Crippen LogP) is 5.69. The lowest BCUT2D eigenvalue weighted by atomic mass is 9.92. The number of allylic oxidation sites excluding steroid dienone is 3. The standard InChI is InChI=1S/C30H32N2O5/c1-3-4-5-6-10-13-27(33)32-18-16-22-14-15-24(20-25(22)28(32)30(34)35)36-19-17-26-21(2)37-29(31-26)23-11-8-7-9-12-23/h5-15,20,28H,3-4,16-19H2,1-2H3,(H,34,35). The third-order valence-electron chi connectivity index (χ3n) is 6.32. The smallest absolute Gasteiger partial charge is 0.331 e. The maximum Gasteiger partial charge on any atom is 0.331 e. The lowest BCUT2D eigenvalue weighted by Gasteiger charge is -2.34. The van der Waals surface area contributed by atoms with E-state index in [1.165, 1.54) is 11.0 Å². The van der Waals surface area contributed by atoms with Crippen LogP contribution in [0.2, 0.25) is 0 Å². The van der Waals surface area contributed by atoms with Gasteiger partial charge in [0, 0.05) is 24.6 Å². The molecule has 1 aliphatic heterocycles. The Bertz CT molecular complexity index is 1290. The number of aromatic nitrogens is 1. The Hall–Kier alpha value is -4.13. The van der Waals surface area contributed by atoms with Gasteiger partial charge in [0.1, 0.15) is 11.5 Å². The van der Waals surface area contributed by atoms with Crippen molar-refractivity contribution in [3.8, 4) is 17.2 Å². The summed E-state index contributed by atoms with van der Waals surface area (Å²) >= 11 is 0. The summed E-state index contributed by atoms with van der Waals surface area (Å²) in [5.41, 5.74) is 3.23. The molecule has 0 saturated carbocycles. The lowest BCUT2D eigenvalue weighted by Crippen LogP contribution is -2.42. The fourth-order valence-corrected chi connectivity index (χ4v) is 4.39. The van der Waals surface area contributed by atoms with Gasteiger partial charge in [0.15, 0.2) is 6.04 Å². The van der Waals surface area contributed by atoms with Crippen LogP contribution in [0, 0.1) is 6.92 Å². The summed E-state index contributed by atoms with van der Waals surface area (Å²) < 4.78 is 11.8. The minimum atomic E-state index is -1.06. The van der Waals surface area contributed by atoms with Crippen LogP contribution in [0.25, 0.3) is 11.5 Å². The zero-order chi connectivity index (χ0) is 26.2. The van der Waals surface area contributed by atoms with E-state index in [1.807, 2.05) is 61.5 Å². The third-order valence-corrected chi connectivity index (χ3v) is 6.32. The van der Waals surface area contributed by atoms with Crippen molar-refractivity contribution in [2.24, 2.45) is 0 Å². The number of hydrogen-bond acceptors (Lipinski definition) is 5. The Morgan fingerprint density at radius 3 is 2.76 bits per heavy atom. The number of oxazole rings is 1. The topological polar surface area (TPSA) is 92.9 Å². The molecular weight excluding hydrogens is 468 g/mol. The van der Waals surface area contributed by atoms with Crippen molar-refractivity contribution in [3.05, 3.63) is 95.4 Å². The van der Waals surface area contributed by atoms with E-state index in [9.17, 15) is 14.7 Å². The molecule has 0 aliphatic carbocycles. The number of ether oxygens (including phenoxy) is 1. The molecule has 192 valence electrons. The number of hydrogen-bond donors (Lipinski definition) is 1. The van der Waals surface area contributed by atoms with Gasteiger partial charge in [-0.15, -0.1) is 0 Å². The lowest BCUT2D eigenvalue weighted by molar-refractivity contribution is -0.149. The summed E-state index contributed by atoms with van der Waals surface area (Å²) in [6.07, 6.45) is 9.99. The largest absolute Gasteiger partial charge is 0.493 e. The summed E-state index contributed by atoms with van der Waals surface area (Å²) in [6.45, 7) is 4.66. The molecule has 0 bridgehead atoms. The van der Waals surface area contributed by atoms with Crippen LogP contribution in [0.5, 0.6) is 5.75 Å². The second-order valence-electron chi connectivity index (χ2n) is 8.95. The molecule has 0 fully saturated rings. The van der Waals surface area contributed by atoms with Crippen LogP contribution >= 0.6 is 0 Å². The van der Waals surface area contributed by atoms with Crippen molar-refractivity contribution in [1.29, 1.82) is 0 Å². The number of carboxylic acids is 1. The van der Waals surface area contributed by atoms with Crippen molar-refractivity contribution in [2.75, 3.05) is 13.2 Å². The second-order valence-corrected chi connectivity index (χ2v) is 8.95. The molecular formula is C30H32N2O5. The fourth-order valence-electron chi connectivity index (χ4n) is 4.39. The van der Waals surface area contributed by atoms with E-state index in [4.69, 9.17) is 9.15 Å². The zero-order valence-electron chi connectivity index (χ0n) is 21.2. The molecule has 1 amide bonds. The Balaban J connectivity index is 1.44. The van der Waals surface area contributed by atoms with Gasteiger partial charge in [-0.2, -0.15) is 0 Å². The first-order valence-electron chi connectivity index (χ1n) is 12.6. The molecule has 3 aromatic rings. The van der Waals surface area contributed by atoms with E-state index in [0.29, 0.717) is 43.2 Å². The maximum absolute atomic E-state index is 12.8. The van der Waals surface area contributed by atoms with E-state index in [2.05, 4.69) is 11.9 Å². The number of nitrogens with zero attached hydrogens (tertiary/aromatic N) is 2. The molecule has 2 aromatic carbocycles. The van der Waals surface area contributed by atoms with Crippen molar-refractivity contribution in [3.63, 3.8) is 0 Å². The van der Waals surface area contributed by atoms with Crippen LogP contribution in [0.4, 0.5) is 0 Å². The first-order valence-corrected chi connectivity index (χ1v) is 12.6. The quantitative estimate of drug-likeness (QED) is 0.284. The molecule has 1 unspecified atom stereocenters. The van der Waals surface area contributed by atoms with Gasteiger partial charge in [0.2, 0.25) is 11.8 Å². The van der Waals surface area contributed by atoms with Crippen LogP contribution in [0.1, 0.15) is 48.4 Å². The number of rotatable bonds is 10. The van der Waals surface area contributed by atoms with E-state index < -0.39 is 12.0 Å². The van der Waals surface area contributed by atoms with Gasteiger partial charge in [0.25, 0.3) is 0 Å². The molecule has 0 saturated heterocycles. The number of amides is 1. The zero-order valence-corrected chi connectivity index (χ0v) is 21.2. The Kier molecular flexibility index (Phi) is 8.56. The Morgan fingerprint density at radius 1 is 1.19 bits per heavy atom. The number of unbranched alkanes of at least 4 members (excludes halogenated alkanes) is 1. The molecule has 7 nitrogen and oxygen atoms in total. The van der Waals surface area contributed by atoms with Gasteiger partial charge in [-0.3, -0.25) is 4.79 Å². The van der Waals surface area contributed by atoms with Gasteiger partial charge in [-0.25, -0.2) is 9.78 Å². The highest BCUT2D eigenvalue weighted by Gasteiger charge is 2.35. The number of aliphatic carboxylic acids is 1. The van der Waals surface area contributed by atoms with Gasteiger partial charge in [0.05, 0.1) is 12.3 Å². The fraction of sp³-hybridized carbons (Fsp3) is 0.300. The molecule has 4 rings (SSSR count). The van der Waals surface area contributed by atoms with Gasteiger partial charge in [-0.05, 0) is 55.2 Å². The number of aryl methyl sites for hydroxylation is 1. The SMILES string of the molecule is CCCC=CC=CC(=O)N1CCc2ccc(OCCc3nc(-c4ccccc4)oc3C)cc2C1C(=O)O. The van der Waals surface area contributed by atoms with Crippen LogP contribution in [-0.4, -0.2) is 40.0 Å². The Labute approximate surface area is 217 Å². The number of fused-ring (bicyclic) bond motifs is 1. The average Bonchev–Trinajstić information content (AvgIpc) is 3.28. The first kappa shape index (κ1) is 25.9. The number of carbonyl (C=O) groups is 2. The molecule has 2 heterocycles. The first-order chi connectivity index (χ1) is 18.0. The summed E-state index contributed by atoms with van der Waals surface area (Å²) in [5, 5.41) is 10.00. The van der Waals surface area contributed by atoms with Crippen LogP contribution in [-0.2, 0) is 22.4 Å². The van der Waals surface area contributed by atoms with Crippen molar-refractivity contribution >= 4 is 11.9 Å². The molecule has 0 spiro atoms. The third kappa shape index (κ3) is 6.36. The van der Waals surface area contributed by atoms with Gasteiger partial charge >= 0.3 is 5.97 Å². The van der Waals surface area contributed by atoms with Crippen molar-refractivity contribution in [1.82, 2.24) is 9.88 Å². The highest BCUT2D eigenvalue weighted by Crippen LogP contribution is 2.33. The summed E-state index contributed by atoms with van der Waals surface area (Å²) in [7, 11) is 0. The predicted molar refractivity (Wildman–Crippen MR) is 141 cm³/mol. The van der Waals surface area contributed by atoms with Gasteiger partial charge in [-0.1, -0.05) is 55.8 Å². The van der Waals surface area contributed by atoms with Crippen LogP contribution < -0.4 is 4.74 Å². The molecule has 37 heavy (non-hydrogen) atoms. The molecule has 1 aromatic heterocycles. The average molecular weight is 501 g/mol. The van der Waals surface area contributed by atoms with Gasteiger partial charge < -0.3 is 19.2 Å². The van der Waals surface area contributed by atoms with E-state index in [-0.39, 0.29) is 5.91 Å². The molecule has 1 N–H and O–H groups in total. The minimum Gasteiger partial charge on any atom is -0.493 e. The summed E-state index contributed by atoms with van der Waals surface area (Å²) in [6, 6.07) is 14.1. The number of carbonyl (C=O) groups excluding carboxylic acids is 1. The molecule has 1 atom stereocenters. The van der Waals surface area contributed by atoms with E-state index in [1.54, 1.807) is 12.1 Å². The number of carboxylic acid groups (broad SMARTS) is 1. The van der Waals surface area contributed by atoms with Crippen LogP contribution in [0.15, 0.2) is 77.3 Å². The highest BCUT2D eigenvalue weighted by molar-refractivity contribution is 5.92. The maximum atomic E-state index is 12.8. The second kappa shape index (κ2) is 12.2. The van der Waals surface area contributed by atoms with E-state index in [0.717, 1.165) is 35.4 Å². The molecule has 1 aliphatic rings.